The van der Waals surface area contributed by atoms with Gasteiger partial charge in [0.15, 0.2) is 5.82 Å². The fourth-order valence-corrected chi connectivity index (χ4v) is 2.96. The molecule has 0 unspecified atom stereocenters. The summed E-state index contributed by atoms with van der Waals surface area (Å²) in [5.74, 6) is 1.20. The molecule has 0 aliphatic heterocycles. The van der Waals surface area contributed by atoms with E-state index in [1.54, 1.807) is 17.9 Å². The van der Waals surface area contributed by atoms with E-state index in [1.165, 1.54) is 6.42 Å². The van der Waals surface area contributed by atoms with Gasteiger partial charge in [-0.2, -0.15) is 0 Å². The number of carbonyl (C=O) groups is 2. The molecule has 140 valence electrons. The second-order valence-electron chi connectivity index (χ2n) is 7.26. The van der Waals surface area contributed by atoms with Crippen molar-refractivity contribution in [1.29, 1.82) is 0 Å². The van der Waals surface area contributed by atoms with E-state index in [9.17, 15) is 9.59 Å². The van der Waals surface area contributed by atoms with Crippen LogP contribution in [0.5, 0.6) is 0 Å². The van der Waals surface area contributed by atoms with Gasteiger partial charge in [-0.25, -0.2) is 4.79 Å². The molecule has 2 N–H and O–H groups in total. The first kappa shape index (κ1) is 19.3. The zero-order valence-electron chi connectivity index (χ0n) is 15.5. The van der Waals surface area contributed by atoms with Crippen LogP contribution in [0, 0.1) is 12.8 Å². The number of anilines is 1. The molecule has 1 aliphatic rings. The van der Waals surface area contributed by atoms with Crippen LogP contribution in [0.3, 0.4) is 0 Å². The summed E-state index contributed by atoms with van der Waals surface area (Å²) in [6.45, 7) is 6.54. The van der Waals surface area contributed by atoms with Gasteiger partial charge in [0.25, 0.3) is 0 Å². The van der Waals surface area contributed by atoms with Gasteiger partial charge in [0.05, 0.1) is 0 Å². The Morgan fingerprint density at radius 3 is 2.64 bits per heavy atom. The van der Waals surface area contributed by atoms with Gasteiger partial charge >= 0.3 is 6.03 Å². The van der Waals surface area contributed by atoms with Crippen LogP contribution in [0.2, 0.25) is 0 Å². The smallest absolute Gasteiger partial charge is 0.318 e. The van der Waals surface area contributed by atoms with Gasteiger partial charge in [-0.3, -0.25) is 4.79 Å². The molecule has 25 heavy (non-hydrogen) atoms. The third-order valence-electron chi connectivity index (χ3n) is 4.43. The molecule has 1 heterocycles. The first-order chi connectivity index (χ1) is 11.9. The SMILES string of the molecule is Cc1cc(NC(=O)CN(CCC(C)C)C(=O)NC2CCCCC2)no1. The van der Waals surface area contributed by atoms with Crippen LogP contribution in [0.4, 0.5) is 10.6 Å². The first-order valence-corrected chi connectivity index (χ1v) is 9.22. The lowest BCUT2D eigenvalue weighted by molar-refractivity contribution is -0.116. The highest BCUT2D eigenvalue weighted by Gasteiger charge is 2.22. The fraction of sp³-hybridized carbons (Fsp3) is 0.722. The third-order valence-corrected chi connectivity index (χ3v) is 4.43. The number of aryl methyl sites for hydroxylation is 1. The van der Waals surface area contributed by atoms with Crippen molar-refractivity contribution in [3.05, 3.63) is 11.8 Å². The lowest BCUT2D eigenvalue weighted by Gasteiger charge is -2.28. The van der Waals surface area contributed by atoms with Crippen molar-refractivity contribution in [2.45, 2.75) is 65.3 Å². The molecule has 1 aromatic heterocycles. The van der Waals surface area contributed by atoms with Crippen LogP contribution in [-0.2, 0) is 4.79 Å². The van der Waals surface area contributed by atoms with E-state index in [-0.39, 0.29) is 24.5 Å². The van der Waals surface area contributed by atoms with E-state index >= 15 is 0 Å². The number of urea groups is 1. The third kappa shape index (κ3) is 6.76. The van der Waals surface area contributed by atoms with E-state index < -0.39 is 0 Å². The second kappa shape index (κ2) is 9.44. The van der Waals surface area contributed by atoms with Crippen molar-refractivity contribution >= 4 is 17.8 Å². The minimum absolute atomic E-state index is 0.0111. The van der Waals surface area contributed by atoms with Gasteiger partial charge in [0, 0.05) is 18.7 Å². The number of amides is 3. The minimum Gasteiger partial charge on any atom is -0.360 e. The topological polar surface area (TPSA) is 87.5 Å². The second-order valence-corrected chi connectivity index (χ2v) is 7.26. The van der Waals surface area contributed by atoms with Crippen LogP contribution in [0.1, 0.15) is 58.1 Å². The number of nitrogens with zero attached hydrogens (tertiary/aromatic N) is 2. The van der Waals surface area contributed by atoms with Gasteiger partial charge < -0.3 is 20.1 Å². The summed E-state index contributed by atoms with van der Waals surface area (Å²) in [4.78, 5) is 26.5. The Morgan fingerprint density at radius 1 is 1.32 bits per heavy atom. The standard InChI is InChI=1S/C18H30N4O3/c1-13(2)9-10-22(18(24)19-15-7-5-4-6-8-15)12-17(23)20-16-11-14(3)25-21-16/h11,13,15H,4-10,12H2,1-3H3,(H,19,24)(H,20,21,23). The van der Waals surface area contributed by atoms with E-state index in [2.05, 4.69) is 29.6 Å². The zero-order chi connectivity index (χ0) is 18.2. The highest BCUT2D eigenvalue weighted by Crippen LogP contribution is 2.17. The molecule has 1 aromatic rings. The summed E-state index contributed by atoms with van der Waals surface area (Å²) in [5.41, 5.74) is 0. The van der Waals surface area contributed by atoms with Crippen molar-refractivity contribution in [2.75, 3.05) is 18.4 Å². The molecule has 7 nitrogen and oxygen atoms in total. The first-order valence-electron chi connectivity index (χ1n) is 9.22. The van der Waals surface area contributed by atoms with E-state index in [1.807, 2.05) is 0 Å². The molecule has 0 radical (unpaired) electrons. The molecule has 7 heteroatoms. The average molecular weight is 350 g/mol. The predicted molar refractivity (Wildman–Crippen MR) is 96.3 cm³/mol. The van der Waals surface area contributed by atoms with Crippen LogP contribution in [0.15, 0.2) is 10.6 Å². The number of hydrogen-bond donors (Lipinski definition) is 2. The van der Waals surface area contributed by atoms with E-state index in [0.29, 0.717) is 24.0 Å². The average Bonchev–Trinajstić information content (AvgIpc) is 2.97. The Bertz CT molecular complexity index is 564. The maximum absolute atomic E-state index is 12.6. The number of nitrogens with one attached hydrogen (secondary N) is 2. The summed E-state index contributed by atoms with van der Waals surface area (Å²) in [7, 11) is 0. The van der Waals surface area contributed by atoms with Crippen LogP contribution >= 0.6 is 0 Å². The maximum atomic E-state index is 12.6. The largest absolute Gasteiger partial charge is 0.360 e. The molecule has 1 saturated carbocycles. The number of aromatic nitrogens is 1. The molecule has 0 atom stereocenters. The summed E-state index contributed by atoms with van der Waals surface area (Å²) >= 11 is 0. The van der Waals surface area contributed by atoms with Gasteiger partial charge in [0.1, 0.15) is 12.3 Å². The number of hydrogen-bond acceptors (Lipinski definition) is 4. The van der Waals surface area contributed by atoms with Crippen molar-refractivity contribution in [2.24, 2.45) is 5.92 Å². The summed E-state index contributed by atoms with van der Waals surface area (Å²) < 4.78 is 4.94. The Hall–Kier alpha value is -2.05. The molecule has 2 rings (SSSR count). The van der Waals surface area contributed by atoms with E-state index in [4.69, 9.17) is 4.52 Å². The Kier molecular flexibility index (Phi) is 7.28. The molecule has 0 aromatic carbocycles. The molecule has 3 amide bonds. The Morgan fingerprint density at radius 2 is 2.04 bits per heavy atom. The molecule has 0 bridgehead atoms. The van der Waals surface area contributed by atoms with Gasteiger partial charge in [-0.1, -0.05) is 38.3 Å². The van der Waals surface area contributed by atoms with Crippen LogP contribution < -0.4 is 10.6 Å². The van der Waals surface area contributed by atoms with Crippen molar-refractivity contribution in [1.82, 2.24) is 15.4 Å². The molecular formula is C18H30N4O3. The number of rotatable bonds is 7. The fourth-order valence-electron chi connectivity index (χ4n) is 2.96. The van der Waals surface area contributed by atoms with Crippen LogP contribution in [0.25, 0.3) is 0 Å². The van der Waals surface area contributed by atoms with Gasteiger partial charge in [0.2, 0.25) is 5.91 Å². The Balaban J connectivity index is 1.90. The monoisotopic (exact) mass is 350 g/mol. The van der Waals surface area contributed by atoms with Gasteiger partial charge in [-0.05, 0) is 32.1 Å². The minimum atomic E-state index is -0.268. The molecule has 1 fully saturated rings. The summed E-state index contributed by atoms with van der Waals surface area (Å²) in [5, 5.41) is 9.51. The van der Waals surface area contributed by atoms with Crippen molar-refractivity contribution in [3.8, 4) is 0 Å². The Labute approximate surface area is 149 Å². The lowest BCUT2D eigenvalue weighted by Crippen LogP contribution is -2.48. The van der Waals surface area contributed by atoms with Gasteiger partial charge in [-0.15, -0.1) is 0 Å². The number of carbonyl (C=O) groups excluding carboxylic acids is 2. The normalized spacial score (nSPS) is 15.2. The van der Waals surface area contributed by atoms with Crippen molar-refractivity contribution < 1.29 is 14.1 Å². The zero-order valence-corrected chi connectivity index (χ0v) is 15.5. The lowest BCUT2D eigenvalue weighted by atomic mass is 9.96. The van der Waals surface area contributed by atoms with Crippen molar-refractivity contribution in [3.63, 3.8) is 0 Å². The molecular weight excluding hydrogens is 320 g/mol. The maximum Gasteiger partial charge on any atom is 0.318 e. The molecule has 0 spiro atoms. The summed E-state index contributed by atoms with van der Waals surface area (Å²) in [6.07, 6.45) is 6.45. The molecule has 1 aliphatic carbocycles. The molecule has 0 saturated heterocycles. The predicted octanol–water partition coefficient (Wildman–Crippen LogP) is 3.31. The quantitative estimate of drug-likeness (QED) is 0.790. The highest BCUT2D eigenvalue weighted by molar-refractivity contribution is 5.93. The highest BCUT2D eigenvalue weighted by atomic mass is 16.5. The summed E-state index contributed by atoms with van der Waals surface area (Å²) in [6, 6.07) is 1.72. The van der Waals surface area contributed by atoms with Crippen LogP contribution in [-0.4, -0.2) is 41.1 Å². The van der Waals surface area contributed by atoms with E-state index in [0.717, 1.165) is 32.1 Å².